The number of rotatable bonds is 2. The minimum atomic E-state index is 0.293. The third-order valence-electron chi connectivity index (χ3n) is 3.79. The SMILES string of the molecule is CC1CCC(C(=O)N[C@H]2CCNC2)CC1. The van der Waals surface area contributed by atoms with Gasteiger partial charge in [-0.05, 0) is 44.6 Å². The lowest BCUT2D eigenvalue weighted by molar-refractivity contribution is -0.126. The summed E-state index contributed by atoms with van der Waals surface area (Å²) >= 11 is 0. The summed E-state index contributed by atoms with van der Waals surface area (Å²) < 4.78 is 0. The Kier molecular flexibility index (Phi) is 3.62. The number of carbonyl (C=O) groups excluding carboxylic acids is 1. The Balaban J connectivity index is 1.75. The van der Waals surface area contributed by atoms with Crippen LogP contribution in [0.15, 0.2) is 0 Å². The van der Waals surface area contributed by atoms with Crippen LogP contribution < -0.4 is 10.6 Å². The van der Waals surface area contributed by atoms with Crippen molar-refractivity contribution in [1.82, 2.24) is 10.6 Å². The van der Waals surface area contributed by atoms with Crippen molar-refractivity contribution in [2.24, 2.45) is 11.8 Å². The van der Waals surface area contributed by atoms with Crippen LogP contribution in [0.25, 0.3) is 0 Å². The Bertz CT molecular complexity index is 216. The summed E-state index contributed by atoms with van der Waals surface area (Å²) in [5.41, 5.74) is 0. The molecule has 2 N–H and O–H groups in total. The largest absolute Gasteiger partial charge is 0.352 e. The topological polar surface area (TPSA) is 41.1 Å². The average Bonchev–Trinajstić information content (AvgIpc) is 2.71. The molecule has 2 aliphatic rings. The van der Waals surface area contributed by atoms with Crippen molar-refractivity contribution < 1.29 is 4.79 Å². The van der Waals surface area contributed by atoms with E-state index in [1.54, 1.807) is 0 Å². The van der Waals surface area contributed by atoms with Crippen molar-refractivity contribution in [1.29, 1.82) is 0 Å². The van der Waals surface area contributed by atoms with Gasteiger partial charge in [-0.2, -0.15) is 0 Å². The standard InChI is InChI=1S/C12H22N2O/c1-9-2-4-10(5-3-9)12(15)14-11-6-7-13-8-11/h9-11,13H,2-8H2,1H3,(H,14,15)/t9?,10?,11-/m0/s1. The molecule has 1 heterocycles. The predicted molar refractivity (Wildman–Crippen MR) is 60.5 cm³/mol. The van der Waals surface area contributed by atoms with Crippen molar-refractivity contribution in [3.05, 3.63) is 0 Å². The van der Waals surface area contributed by atoms with Gasteiger partial charge >= 0.3 is 0 Å². The summed E-state index contributed by atoms with van der Waals surface area (Å²) in [6.07, 6.45) is 5.72. The number of hydrogen-bond donors (Lipinski definition) is 2. The fourth-order valence-electron chi connectivity index (χ4n) is 2.62. The minimum Gasteiger partial charge on any atom is -0.352 e. The fraction of sp³-hybridized carbons (Fsp3) is 0.917. The molecule has 3 heteroatoms. The maximum atomic E-state index is 11.9. The summed E-state index contributed by atoms with van der Waals surface area (Å²) in [5.74, 6) is 1.42. The highest BCUT2D eigenvalue weighted by molar-refractivity contribution is 5.79. The summed E-state index contributed by atoms with van der Waals surface area (Å²) in [4.78, 5) is 11.9. The molecule has 1 saturated carbocycles. The molecule has 0 spiro atoms. The van der Waals surface area contributed by atoms with Crippen molar-refractivity contribution in [3.8, 4) is 0 Å². The van der Waals surface area contributed by atoms with Crippen LogP contribution in [0.2, 0.25) is 0 Å². The lowest BCUT2D eigenvalue weighted by Gasteiger charge is -2.26. The Hall–Kier alpha value is -0.570. The first kappa shape index (κ1) is 10.9. The predicted octanol–water partition coefficient (Wildman–Crippen LogP) is 1.29. The molecule has 2 fully saturated rings. The smallest absolute Gasteiger partial charge is 0.223 e. The maximum Gasteiger partial charge on any atom is 0.223 e. The molecule has 2 rings (SSSR count). The highest BCUT2D eigenvalue weighted by Crippen LogP contribution is 2.28. The van der Waals surface area contributed by atoms with E-state index in [1.807, 2.05) is 0 Å². The normalized spacial score (nSPS) is 36.5. The molecule has 1 atom stereocenters. The van der Waals surface area contributed by atoms with Gasteiger partial charge in [0.15, 0.2) is 0 Å². The van der Waals surface area contributed by atoms with E-state index in [0.29, 0.717) is 17.9 Å². The van der Waals surface area contributed by atoms with Crippen molar-refractivity contribution >= 4 is 5.91 Å². The van der Waals surface area contributed by atoms with Crippen LogP contribution >= 0.6 is 0 Å². The molecule has 1 amide bonds. The second kappa shape index (κ2) is 4.97. The van der Waals surface area contributed by atoms with E-state index in [1.165, 1.54) is 12.8 Å². The number of hydrogen-bond acceptors (Lipinski definition) is 2. The van der Waals surface area contributed by atoms with Gasteiger partial charge in [-0.25, -0.2) is 0 Å². The van der Waals surface area contributed by atoms with Crippen LogP contribution in [0.3, 0.4) is 0 Å². The zero-order valence-electron chi connectivity index (χ0n) is 9.59. The van der Waals surface area contributed by atoms with Gasteiger partial charge in [-0.3, -0.25) is 4.79 Å². The first-order valence-corrected chi connectivity index (χ1v) is 6.27. The molecule has 1 saturated heterocycles. The fourth-order valence-corrected chi connectivity index (χ4v) is 2.62. The Morgan fingerprint density at radius 1 is 1.20 bits per heavy atom. The van der Waals surface area contributed by atoms with Crippen LogP contribution in [0, 0.1) is 11.8 Å². The molecule has 0 aromatic carbocycles. The highest BCUT2D eigenvalue weighted by Gasteiger charge is 2.26. The third kappa shape index (κ3) is 2.94. The van der Waals surface area contributed by atoms with E-state index < -0.39 is 0 Å². The first-order valence-electron chi connectivity index (χ1n) is 6.27. The molecule has 0 radical (unpaired) electrons. The lowest BCUT2D eigenvalue weighted by Crippen LogP contribution is -2.40. The van der Waals surface area contributed by atoms with Gasteiger partial charge in [0.25, 0.3) is 0 Å². The molecule has 0 aromatic heterocycles. The van der Waals surface area contributed by atoms with E-state index in [4.69, 9.17) is 0 Å². The Labute approximate surface area is 92.0 Å². The molecular weight excluding hydrogens is 188 g/mol. The van der Waals surface area contributed by atoms with Crippen molar-refractivity contribution in [3.63, 3.8) is 0 Å². The second-order valence-electron chi connectivity index (χ2n) is 5.16. The quantitative estimate of drug-likeness (QED) is 0.721. The molecule has 86 valence electrons. The first-order chi connectivity index (χ1) is 7.25. The number of carbonyl (C=O) groups is 1. The summed E-state index contributed by atoms with van der Waals surface area (Å²) in [7, 11) is 0. The van der Waals surface area contributed by atoms with Gasteiger partial charge in [-0.1, -0.05) is 6.92 Å². The van der Waals surface area contributed by atoms with E-state index in [-0.39, 0.29) is 0 Å². The molecule has 15 heavy (non-hydrogen) atoms. The molecule has 1 aliphatic carbocycles. The molecule has 0 bridgehead atoms. The Morgan fingerprint density at radius 2 is 1.93 bits per heavy atom. The minimum absolute atomic E-state index is 0.293. The van der Waals surface area contributed by atoms with Gasteiger partial charge in [0, 0.05) is 18.5 Å². The van der Waals surface area contributed by atoms with E-state index in [0.717, 1.165) is 38.3 Å². The summed E-state index contributed by atoms with van der Waals surface area (Å²) in [6.45, 7) is 4.29. The van der Waals surface area contributed by atoms with Gasteiger partial charge in [0.05, 0.1) is 0 Å². The maximum absolute atomic E-state index is 11.9. The second-order valence-corrected chi connectivity index (χ2v) is 5.16. The van der Waals surface area contributed by atoms with Gasteiger partial charge in [-0.15, -0.1) is 0 Å². The summed E-state index contributed by atoms with van der Waals surface area (Å²) in [6, 6.07) is 0.386. The van der Waals surface area contributed by atoms with Gasteiger partial charge < -0.3 is 10.6 Å². The summed E-state index contributed by atoms with van der Waals surface area (Å²) in [5, 5.41) is 6.43. The van der Waals surface area contributed by atoms with Crippen LogP contribution in [0.1, 0.15) is 39.0 Å². The number of nitrogens with one attached hydrogen (secondary N) is 2. The molecule has 0 unspecified atom stereocenters. The lowest BCUT2D eigenvalue weighted by atomic mass is 9.82. The third-order valence-corrected chi connectivity index (χ3v) is 3.79. The molecule has 3 nitrogen and oxygen atoms in total. The van der Waals surface area contributed by atoms with Crippen LogP contribution in [-0.2, 0) is 4.79 Å². The zero-order valence-corrected chi connectivity index (χ0v) is 9.59. The van der Waals surface area contributed by atoms with Gasteiger partial charge in [0.1, 0.15) is 0 Å². The number of amides is 1. The van der Waals surface area contributed by atoms with E-state index in [2.05, 4.69) is 17.6 Å². The van der Waals surface area contributed by atoms with E-state index in [9.17, 15) is 4.79 Å². The zero-order chi connectivity index (χ0) is 10.7. The molecular formula is C12H22N2O. The van der Waals surface area contributed by atoms with Crippen LogP contribution in [0.5, 0.6) is 0 Å². The van der Waals surface area contributed by atoms with Crippen molar-refractivity contribution in [2.45, 2.75) is 45.1 Å². The van der Waals surface area contributed by atoms with Gasteiger partial charge in [0.2, 0.25) is 5.91 Å². The van der Waals surface area contributed by atoms with Crippen LogP contribution in [-0.4, -0.2) is 25.0 Å². The molecule has 1 aliphatic heterocycles. The van der Waals surface area contributed by atoms with Crippen molar-refractivity contribution in [2.75, 3.05) is 13.1 Å². The monoisotopic (exact) mass is 210 g/mol. The highest BCUT2D eigenvalue weighted by atomic mass is 16.1. The van der Waals surface area contributed by atoms with E-state index >= 15 is 0 Å². The average molecular weight is 210 g/mol. The molecule has 0 aromatic rings. The van der Waals surface area contributed by atoms with Crippen LogP contribution in [0.4, 0.5) is 0 Å². The Morgan fingerprint density at radius 3 is 2.53 bits per heavy atom.